The van der Waals surface area contributed by atoms with E-state index < -0.39 is 0 Å². The van der Waals surface area contributed by atoms with E-state index in [1.165, 1.54) is 0 Å². The van der Waals surface area contributed by atoms with Crippen LogP contribution in [0.5, 0.6) is 0 Å². The van der Waals surface area contributed by atoms with Crippen molar-refractivity contribution in [2.45, 2.75) is 13.3 Å². The molecule has 0 fully saturated rings. The average Bonchev–Trinajstić information content (AvgIpc) is 1.41. The van der Waals surface area contributed by atoms with Crippen LogP contribution in [-0.4, -0.2) is 6.16 Å². The van der Waals surface area contributed by atoms with Gasteiger partial charge in [-0.25, -0.2) is 0 Å². The molecule has 0 bridgehead atoms. The molecule has 30 valence electrons. The highest BCUT2D eigenvalue weighted by Gasteiger charge is 1.64. The third kappa shape index (κ3) is 4.10. The van der Waals surface area contributed by atoms with E-state index in [9.17, 15) is 0 Å². The summed E-state index contributed by atoms with van der Waals surface area (Å²) in [5.74, 6) is 0. The molecule has 0 saturated heterocycles. The monoisotopic (exact) mass is 89.0 g/mol. The Bertz CT molecular complexity index is 28.1. The van der Waals surface area contributed by atoms with Gasteiger partial charge in [0.1, 0.15) is 0 Å². The van der Waals surface area contributed by atoms with Crippen LogP contribution >= 0.6 is 8.37 Å². The number of hydrogen-bond donors (Lipinski definition) is 1. The van der Waals surface area contributed by atoms with Crippen molar-refractivity contribution in [1.82, 2.24) is 0 Å². The Balaban J connectivity index is 2.40. The van der Waals surface area contributed by atoms with Crippen LogP contribution in [0.4, 0.5) is 0 Å². The van der Waals surface area contributed by atoms with E-state index in [-0.39, 0.29) is 0 Å². The van der Waals surface area contributed by atoms with Gasteiger partial charge in [-0.05, 0) is 14.8 Å². The van der Waals surface area contributed by atoms with Crippen molar-refractivity contribution >= 4 is 8.37 Å². The molecule has 0 atom stereocenters. The predicted molar refractivity (Wildman–Crippen MR) is 24.8 cm³/mol. The topological polar surface area (TPSA) is 23.9 Å². The fourth-order valence-corrected chi connectivity index (χ4v) is 0.335. The molecule has 0 rings (SSSR count). The molecule has 0 aromatic heterocycles. The Morgan fingerprint density at radius 2 is 2.40 bits per heavy atom. The summed E-state index contributed by atoms with van der Waals surface area (Å²) in [5.41, 5.74) is 0. The first-order valence-corrected chi connectivity index (χ1v) is 2.83. The maximum absolute atomic E-state index is 6.57. The molecule has 0 unspecified atom stereocenters. The Hall–Kier alpha value is 0.100. The molecule has 2 heteroatoms. The highest BCUT2D eigenvalue weighted by Crippen LogP contribution is 1.91. The van der Waals surface area contributed by atoms with Gasteiger partial charge < -0.3 is 0 Å². The Morgan fingerprint density at radius 3 is 2.40 bits per heavy atom. The van der Waals surface area contributed by atoms with Crippen LogP contribution in [0.1, 0.15) is 13.3 Å². The van der Waals surface area contributed by atoms with Gasteiger partial charge in [-0.2, -0.15) is 0 Å². The van der Waals surface area contributed by atoms with Crippen molar-refractivity contribution in [3.63, 3.8) is 0 Å². The Morgan fingerprint density at radius 1 is 1.80 bits per heavy atom. The molecule has 0 aliphatic carbocycles. The summed E-state index contributed by atoms with van der Waals surface area (Å²) in [7, 11) is 0.780. The fraction of sp³-hybridized carbons (Fsp3) is 1.00. The molecule has 0 heterocycles. The first kappa shape index (κ1) is 5.10. The van der Waals surface area contributed by atoms with E-state index >= 15 is 0 Å². The van der Waals surface area contributed by atoms with Gasteiger partial charge in [-0.1, -0.05) is 6.92 Å². The van der Waals surface area contributed by atoms with Gasteiger partial charge in [0.25, 0.3) is 0 Å². The highest BCUT2D eigenvalue weighted by molar-refractivity contribution is 7.25. The molecule has 0 aliphatic heterocycles. The molecule has 0 radical (unpaired) electrons. The maximum Gasteiger partial charge on any atom is 0.00635 e. The van der Waals surface area contributed by atoms with Gasteiger partial charge in [0.2, 0.25) is 0 Å². The zero-order chi connectivity index (χ0) is 4.12. The van der Waals surface area contributed by atoms with Crippen LogP contribution in [0.2, 0.25) is 0 Å². The first-order valence-electron chi connectivity index (χ1n) is 1.75. The lowest BCUT2D eigenvalue weighted by atomic mass is 10.6. The summed E-state index contributed by atoms with van der Waals surface area (Å²) in [4.78, 5) is 0. The first-order chi connectivity index (χ1) is 2.41. The molecule has 0 spiro atoms. The van der Waals surface area contributed by atoms with Crippen LogP contribution in [0.3, 0.4) is 0 Å². The summed E-state index contributed by atoms with van der Waals surface area (Å²) in [5, 5.41) is 6.57. The van der Waals surface area contributed by atoms with Crippen molar-refractivity contribution in [2.75, 3.05) is 6.16 Å². The number of nitrogens with one attached hydrogen (secondary N) is 1. The van der Waals surface area contributed by atoms with Gasteiger partial charge in [0.15, 0.2) is 0 Å². The molecule has 0 aromatic rings. The van der Waals surface area contributed by atoms with Gasteiger partial charge in [0.05, 0.1) is 0 Å². The van der Waals surface area contributed by atoms with Gasteiger partial charge in [0, 0.05) is 6.16 Å². The van der Waals surface area contributed by atoms with Crippen molar-refractivity contribution in [3.8, 4) is 0 Å². The highest BCUT2D eigenvalue weighted by atomic mass is 31.1. The minimum absolute atomic E-state index is 0.780. The molecule has 0 aromatic carbocycles. The molecule has 1 nitrogen and oxygen atoms in total. The van der Waals surface area contributed by atoms with Gasteiger partial charge in [-0.15, -0.1) is 0 Å². The van der Waals surface area contributed by atoms with E-state index in [1.54, 1.807) is 0 Å². The van der Waals surface area contributed by atoms with Crippen LogP contribution in [-0.2, 0) is 0 Å². The SMILES string of the molecule is CCCP=N. The van der Waals surface area contributed by atoms with Gasteiger partial charge >= 0.3 is 0 Å². The van der Waals surface area contributed by atoms with E-state index in [4.69, 9.17) is 5.16 Å². The molecule has 0 aliphatic rings. The van der Waals surface area contributed by atoms with Crippen molar-refractivity contribution in [1.29, 1.82) is 5.16 Å². The van der Waals surface area contributed by atoms with Crippen LogP contribution in [0.15, 0.2) is 0 Å². The maximum atomic E-state index is 6.57. The molecular weight excluding hydrogens is 81.0 g/mol. The normalized spacial score (nSPS) is 9.00. The number of rotatable bonds is 2. The van der Waals surface area contributed by atoms with E-state index in [0.29, 0.717) is 0 Å². The fourth-order valence-electron chi connectivity index (χ4n) is 0.112. The van der Waals surface area contributed by atoms with Gasteiger partial charge in [-0.3, -0.25) is 5.16 Å². The molecule has 1 N–H and O–H groups in total. The zero-order valence-electron chi connectivity index (χ0n) is 3.36. The summed E-state index contributed by atoms with van der Waals surface area (Å²) in [6, 6.07) is 0. The standard InChI is InChI=1S/C3H8NP/c1-2-3-5-4/h4H,2-3H2,1H3. The molecule has 0 amide bonds. The summed E-state index contributed by atoms with van der Waals surface area (Å²) >= 11 is 0. The largest absolute Gasteiger partial charge is 0.284 e. The van der Waals surface area contributed by atoms with Crippen LogP contribution in [0.25, 0.3) is 0 Å². The second-order valence-electron chi connectivity index (χ2n) is 0.882. The lowest BCUT2D eigenvalue weighted by molar-refractivity contribution is 1.10. The average molecular weight is 89.1 g/mol. The Kier molecular flexibility index (Phi) is 4.18. The summed E-state index contributed by atoms with van der Waals surface area (Å²) < 4.78 is 0. The minimum atomic E-state index is 0.780. The molecular formula is C3H8NP. The Labute approximate surface area is 34.1 Å². The van der Waals surface area contributed by atoms with Crippen LogP contribution < -0.4 is 0 Å². The van der Waals surface area contributed by atoms with E-state index in [2.05, 4.69) is 6.92 Å². The van der Waals surface area contributed by atoms with Crippen molar-refractivity contribution in [2.24, 2.45) is 0 Å². The predicted octanol–water partition coefficient (Wildman–Crippen LogP) is 2.10. The quantitative estimate of drug-likeness (QED) is 0.501. The van der Waals surface area contributed by atoms with Crippen molar-refractivity contribution < 1.29 is 0 Å². The third-order valence-corrected chi connectivity index (χ3v) is 1.01. The smallest absolute Gasteiger partial charge is 0.00635 e. The van der Waals surface area contributed by atoms with E-state index in [1.807, 2.05) is 0 Å². The summed E-state index contributed by atoms with van der Waals surface area (Å²) in [6.07, 6.45) is 2.17. The summed E-state index contributed by atoms with van der Waals surface area (Å²) in [6.45, 7) is 2.08. The molecule has 5 heavy (non-hydrogen) atoms. The molecule has 0 saturated carbocycles. The van der Waals surface area contributed by atoms with Crippen LogP contribution in [0, 0.1) is 5.16 Å². The number of hydrogen-bond acceptors (Lipinski definition) is 1. The lowest BCUT2D eigenvalue weighted by Gasteiger charge is -1.70. The second kappa shape index (κ2) is 4.10. The second-order valence-corrected chi connectivity index (χ2v) is 1.65. The van der Waals surface area contributed by atoms with E-state index in [0.717, 1.165) is 21.0 Å². The lowest BCUT2D eigenvalue weighted by Crippen LogP contribution is -1.56. The minimum Gasteiger partial charge on any atom is -0.284 e. The third-order valence-electron chi connectivity index (χ3n) is 0.335. The zero-order valence-corrected chi connectivity index (χ0v) is 4.26. The van der Waals surface area contributed by atoms with Crippen molar-refractivity contribution in [3.05, 3.63) is 0 Å².